The summed E-state index contributed by atoms with van der Waals surface area (Å²) in [6.45, 7) is -2.50. The van der Waals surface area contributed by atoms with Gasteiger partial charge in [-0.05, 0) is 36.2 Å². The Hall–Kier alpha value is -2.83. The van der Waals surface area contributed by atoms with Crippen molar-refractivity contribution in [2.75, 3.05) is 19.0 Å². The molecule has 24 heavy (non-hydrogen) atoms. The van der Waals surface area contributed by atoms with Crippen LogP contribution < -0.4 is 20.5 Å². The minimum absolute atomic E-state index is 0.00404. The third-order valence-electron chi connectivity index (χ3n) is 3.17. The van der Waals surface area contributed by atoms with Gasteiger partial charge in [-0.3, -0.25) is 4.99 Å². The van der Waals surface area contributed by atoms with Crippen LogP contribution in [0.1, 0.15) is 5.56 Å². The number of aliphatic imine (C=N–C) groups is 1. The number of hydrogen-bond acceptors (Lipinski definition) is 3. The quantitative estimate of drug-likeness (QED) is 0.602. The molecular weight excluding hydrogens is 316 g/mol. The number of guanidine groups is 1. The molecule has 2 rings (SSSR count). The van der Waals surface area contributed by atoms with E-state index in [-0.39, 0.29) is 11.5 Å². The summed E-state index contributed by atoms with van der Waals surface area (Å²) in [5.74, 6) is 0.552. The first-order valence-corrected chi connectivity index (χ1v) is 7.32. The van der Waals surface area contributed by atoms with Crippen molar-refractivity contribution in [1.82, 2.24) is 0 Å². The predicted octanol–water partition coefficient (Wildman–Crippen LogP) is 3.27. The molecule has 2 aromatic carbocycles. The highest BCUT2D eigenvalue weighted by Crippen LogP contribution is 2.29. The Balaban J connectivity index is 1.94. The van der Waals surface area contributed by atoms with Gasteiger partial charge in [0, 0.05) is 12.2 Å². The van der Waals surface area contributed by atoms with Gasteiger partial charge in [0.2, 0.25) is 0 Å². The number of nitrogens with zero attached hydrogens (tertiary/aromatic N) is 1. The van der Waals surface area contributed by atoms with Gasteiger partial charge in [0.05, 0.1) is 7.11 Å². The van der Waals surface area contributed by atoms with Crippen molar-refractivity contribution in [2.24, 2.45) is 10.7 Å². The second kappa shape index (κ2) is 8.71. The summed E-state index contributed by atoms with van der Waals surface area (Å²) in [7, 11) is 1.40. The molecule has 0 spiro atoms. The second-order valence-corrected chi connectivity index (χ2v) is 4.87. The van der Waals surface area contributed by atoms with Gasteiger partial charge in [0.15, 0.2) is 17.5 Å². The van der Waals surface area contributed by atoms with Gasteiger partial charge in [-0.1, -0.05) is 24.3 Å². The van der Waals surface area contributed by atoms with E-state index in [1.807, 2.05) is 30.3 Å². The van der Waals surface area contributed by atoms with Gasteiger partial charge in [-0.25, -0.2) is 0 Å². The Bertz CT molecular complexity index is 679. The topological polar surface area (TPSA) is 68.9 Å². The smallest absolute Gasteiger partial charge is 0.387 e. The number of nitrogens with one attached hydrogen (secondary N) is 1. The number of benzene rings is 2. The van der Waals surface area contributed by atoms with Gasteiger partial charge < -0.3 is 20.5 Å². The zero-order chi connectivity index (χ0) is 17.4. The van der Waals surface area contributed by atoms with Crippen LogP contribution in [-0.2, 0) is 6.42 Å². The van der Waals surface area contributed by atoms with E-state index in [0.29, 0.717) is 18.9 Å². The Morgan fingerprint density at radius 1 is 1.17 bits per heavy atom. The van der Waals surface area contributed by atoms with E-state index < -0.39 is 6.61 Å². The minimum atomic E-state index is -2.90. The molecule has 2 aromatic rings. The van der Waals surface area contributed by atoms with Gasteiger partial charge in [0.1, 0.15) is 0 Å². The number of rotatable bonds is 7. The van der Waals surface area contributed by atoms with Crippen molar-refractivity contribution >= 4 is 11.6 Å². The number of halogens is 2. The monoisotopic (exact) mass is 335 g/mol. The molecule has 0 atom stereocenters. The molecule has 0 heterocycles. The van der Waals surface area contributed by atoms with Crippen molar-refractivity contribution in [3.8, 4) is 11.5 Å². The Morgan fingerprint density at radius 2 is 1.92 bits per heavy atom. The molecule has 128 valence electrons. The highest BCUT2D eigenvalue weighted by atomic mass is 19.3. The zero-order valence-corrected chi connectivity index (χ0v) is 13.2. The van der Waals surface area contributed by atoms with Crippen LogP contribution in [-0.4, -0.2) is 26.2 Å². The SMILES string of the molecule is COc1ccc(CCN=C(N)Nc2ccccc2)cc1OC(F)F. The summed E-state index contributed by atoms with van der Waals surface area (Å²) >= 11 is 0. The molecule has 0 bridgehead atoms. The van der Waals surface area contributed by atoms with Crippen molar-refractivity contribution in [3.05, 3.63) is 54.1 Å². The second-order valence-electron chi connectivity index (χ2n) is 4.87. The summed E-state index contributed by atoms with van der Waals surface area (Å²) in [5.41, 5.74) is 7.44. The third-order valence-corrected chi connectivity index (χ3v) is 3.17. The lowest BCUT2D eigenvalue weighted by Crippen LogP contribution is -2.23. The molecular formula is C17H19F2N3O2. The number of hydrogen-bond donors (Lipinski definition) is 2. The Labute approximate surface area is 139 Å². The van der Waals surface area contributed by atoms with Gasteiger partial charge in [0.25, 0.3) is 0 Å². The van der Waals surface area contributed by atoms with Gasteiger partial charge in [-0.15, -0.1) is 0 Å². The maximum Gasteiger partial charge on any atom is 0.387 e. The predicted molar refractivity (Wildman–Crippen MR) is 89.9 cm³/mol. The van der Waals surface area contributed by atoms with E-state index in [1.165, 1.54) is 13.2 Å². The number of alkyl halides is 2. The molecule has 0 saturated carbocycles. The highest BCUT2D eigenvalue weighted by molar-refractivity contribution is 5.92. The van der Waals surface area contributed by atoms with Gasteiger partial charge in [-0.2, -0.15) is 8.78 Å². The molecule has 0 fully saturated rings. The summed E-state index contributed by atoms with van der Waals surface area (Å²) < 4.78 is 34.3. The van der Waals surface area contributed by atoms with Crippen molar-refractivity contribution in [2.45, 2.75) is 13.0 Å². The number of anilines is 1. The fraction of sp³-hybridized carbons (Fsp3) is 0.235. The average Bonchev–Trinajstić information content (AvgIpc) is 2.55. The standard InChI is InChI=1S/C17H19F2N3O2/c1-23-14-8-7-12(11-15(14)24-16(18)19)9-10-21-17(20)22-13-5-3-2-4-6-13/h2-8,11,16H,9-10H2,1H3,(H3,20,21,22). The summed E-state index contributed by atoms with van der Waals surface area (Å²) in [4.78, 5) is 4.21. The third kappa shape index (κ3) is 5.42. The fourth-order valence-corrected chi connectivity index (χ4v) is 2.08. The molecule has 7 heteroatoms. The van der Waals surface area contributed by atoms with Crippen LogP contribution in [0.25, 0.3) is 0 Å². The van der Waals surface area contributed by atoms with E-state index in [0.717, 1.165) is 11.3 Å². The van der Waals surface area contributed by atoms with Crippen molar-refractivity contribution < 1.29 is 18.3 Å². The van der Waals surface area contributed by atoms with Crippen LogP contribution in [0.4, 0.5) is 14.5 Å². The molecule has 0 unspecified atom stereocenters. The molecule has 0 aliphatic rings. The van der Waals surface area contributed by atoms with Gasteiger partial charge >= 0.3 is 6.61 Å². The molecule has 0 aromatic heterocycles. The Morgan fingerprint density at radius 3 is 2.58 bits per heavy atom. The first-order chi connectivity index (χ1) is 11.6. The number of methoxy groups -OCH3 is 1. The van der Waals surface area contributed by atoms with Crippen LogP contribution >= 0.6 is 0 Å². The number of para-hydroxylation sites is 1. The minimum Gasteiger partial charge on any atom is -0.493 e. The number of ether oxygens (including phenoxy) is 2. The van der Waals surface area contributed by atoms with E-state index in [1.54, 1.807) is 12.1 Å². The Kier molecular flexibility index (Phi) is 6.36. The van der Waals surface area contributed by atoms with E-state index in [2.05, 4.69) is 15.0 Å². The summed E-state index contributed by atoms with van der Waals surface area (Å²) in [6, 6.07) is 14.3. The molecule has 0 saturated heterocycles. The lowest BCUT2D eigenvalue weighted by atomic mass is 10.1. The molecule has 3 N–H and O–H groups in total. The first-order valence-electron chi connectivity index (χ1n) is 7.32. The van der Waals surface area contributed by atoms with Crippen LogP contribution in [0.15, 0.2) is 53.5 Å². The number of nitrogens with two attached hydrogens (primary N) is 1. The zero-order valence-electron chi connectivity index (χ0n) is 13.2. The normalized spacial score (nSPS) is 11.4. The maximum atomic E-state index is 12.4. The summed E-state index contributed by atoms with van der Waals surface area (Å²) in [5, 5.41) is 2.97. The van der Waals surface area contributed by atoms with Crippen molar-refractivity contribution in [3.63, 3.8) is 0 Å². The lowest BCUT2D eigenvalue weighted by molar-refractivity contribution is -0.0512. The van der Waals surface area contributed by atoms with E-state index >= 15 is 0 Å². The molecule has 0 amide bonds. The fourth-order valence-electron chi connectivity index (χ4n) is 2.08. The summed E-state index contributed by atoms with van der Waals surface area (Å²) in [6.07, 6.45) is 0.529. The van der Waals surface area contributed by atoms with Crippen LogP contribution in [0.5, 0.6) is 11.5 Å². The van der Waals surface area contributed by atoms with Crippen LogP contribution in [0.3, 0.4) is 0 Å². The molecule has 0 aliphatic carbocycles. The van der Waals surface area contributed by atoms with E-state index in [9.17, 15) is 8.78 Å². The largest absolute Gasteiger partial charge is 0.493 e. The highest BCUT2D eigenvalue weighted by Gasteiger charge is 2.11. The van der Waals surface area contributed by atoms with Crippen LogP contribution in [0, 0.1) is 0 Å². The van der Waals surface area contributed by atoms with E-state index in [4.69, 9.17) is 10.5 Å². The lowest BCUT2D eigenvalue weighted by Gasteiger charge is -2.11. The maximum absolute atomic E-state index is 12.4. The first kappa shape index (κ1) is 17.5. The molecule has 0 radical (unpaired) electrons. The average molecular weight is 335 g/mol. The van der Waals surface area contributed by atoms with Crippen LogP contribution in [0.2, 0.25) is 0 Å². The van der Waals surface area contributed by atoms with Crippen molar-refractivity contribution in [1.29, 1.82) is 0 Å². The molecule has 0 aliphatic heterocycles. The molecule has 5 nitrogen and oxygen atoms in total.